The normalized spacial score (nSPS) is 14.3. The zero-order valence-corrected chi connectivity index (χ0v) is 32.6. The van der Waals surface area contributed by atoms with Gasteiger partial charge in [-0.05, 0) is 51.4 Å². The van der Waals surface area contributed by atoms with Crippen molar-refractivity contribution in [2.75, 3.05) is 47.5 Å². The molecule has 9 nitrogen and oxygen atoms in total. The van der Waals surface area contributed by atoms with Crippen molar-refractivity contribution < 1.29 is 42.1 Å². The fourth-order valence-electron chi connectivity index (χ4n) is 4.59. The lowest BCUT2D eigenvalue weighted by Crippen LogP contribution is -2.37. The number of carbonyl (C=O) groups excluding carboxylic acids is 2. The van der Waals surface area contributed by atoms with E-state index in [0.29, 0.717) is 23.9 Å². The number of carbonyl (C=O) groups is 2. The van der Waals surface area contributed by atoms with Gasteiger partial charge in [0.1, 0.15) is 19.8 Å². The number of phosphoric acid groups is 1. The molecule has 10 heteroatoms. The number of nitrogens with zero attached hydrogens (tertiary/aromatic N) is 1. The van der Waals surface area contributed by atoms with Crippen LogP contribution in [-0.4, -0.2) is 74.9 Å². The van der Waals surface area contributed by atoms with Crippen LogP contribution in [0.1, 0.15) is 136 Å². The highest BCUT2D eigenvalue weighted by Gasteiger charge is 2.27. The molecule has 284 valence electrons. The molecule has 1 unspecified atom stereocenters. The minimum atomic E-state index is -4.37. The van der Waals surface area contributed by atoms with Crippen molar-refractivity contribution in [3.8, 4) is 0 Å². The maximum atomic E-state index is 12.5. The van der Waals surface area contributed by atoms with Crippen LogP contribution in [0.4, 0.5) is 0 Å². The van der Waals surface area contributed by atoms with E-state index in [9.17, 15) is 19.0 Å². The summed E-state index contributed by atoms with van der Waals surface area (Å²) in [7, 11) is 1.44. The number of likely N-dealkylation sites (N-methyl/N-ethyl adjacent to an activating group) is 1. The van der Waals surface area contributed by atoms with Crippen molar-refractivity contribution in [3.05, 3.63) is 48.6 Å². The van der Waals surface area contributed by atoms with E-state index in [1.165, 1.54) is 51.4 Å². The molecule has 0 radical (unpaired) electrons. The number of rotatable bonds is 33. The van der Waals surface area contributed by atoms with Gasteiger partial charge in [-0.25, -0.2) is 4.57 Å². The predicted octanol–water partition coefficient (Wildman–Crippen LogP) is 9.96. The van der Waals surface area contributed by atoms with Crippen molar-refractivity contribution in [2.24, 2.45) is 0 Å². The molecule has 0 bridgehead atoms. The summed E-state index contributed by atoms with van der Waals surface area (Å²) in [6.07, 6.45) is 34.6. The monoisotopic (exact) mass is 712 g/mol. The molecule has 0 rings (SSSR count). The van der Waals surface area contributed by atoms with E-state index in [1.54, 1.807) is 0 Å². The summed E-state index contributed by atoms with van der Waals surface area (Å²) in [6.45, 7) is 4.26. The van der Waals surface area contributed by atoms with Gasteiger partial charge in [0.15, 0.2) is 6.10 Å². The molecular formula is C39H71NO8P+. The quantitative estimate of drug-likeness (QED) is 0.0236. The van der Waals surface area contributed by atoms with Crippen molar-refractivity contribution in [2.45, 2.75) is 142 Å². The van der Waals surface area contributed by atoms with Gasteiger partial charge >= 0.3 is 19.8 Å². The van der Waals surface area contributed by atoms with E-state index in [0.717, 1.165) is 44.9 Å². The Balaban J connectivity index is 4.49. The first-order chi connectivity index (χ1) is 23.5. The fraction of sp³-hybridized carbons (Fsp3) is 0.744. The van der Waals surface area contributed by atoms with E-state index in [4.69, 9.17) is 18.5 Å². The molecule has 1 N–H and O–H groups in total. The van der Waals surface area contributed by atoms with Crippen molar-refractivity contribution in [1.29, 1.82) is 0 Å². The molecule has 0 amide bonds. The summed E-state index contributed by atoms with van der Waals surface area (Å²) in [5, 5.41) is 0. The molecule has 0 aliphatic carbocycles. The van der Waals surface area contributed by atoms with Crippen LogP contribution in [0, 0.1) is 0 Å². The summed E-state index contributed by atoms with van der Waals surface area (Å²) < 4.78 is 34.0. The Morgan fingerprint density at radius 3 is 1.69 bits per heavy atom. The SMILES string of the molecule is CCCCC/C=C/C/C=C/C/C=C/C/C=C/CCCC(=O)OC[C@@H](COP(=O)(O)OCC[N+](C)(C)C)OC(=O)CCCCCCCCCC. The van der Waals surface area contributed by atoms with Crippen LogP contribution in [0.5, 0.6) is 0 Å². The van der Waals surface area contributed by atoms with Gasteiger partial charge in [0.25, 0.3) is 0 Å². The second kappa shape index (κ2) is 31.9. The van der Waals surface area contributed by atoms with E-state index in [1.807, 2.05) is 21.1 Å². The van der Waals surface area contributed by atoms with E-state index in [2.05, 4.69) is 62.5 Å². The largest absolute Gasteiger partial charge is 0.472 e. The van der Waals surface area contributed by atoms with E-state index >= 15 is 0 Å². The lowest BCUT2D eigenvalue weighted by Gasteiger charge is -2.24. The Morgan fingerprint density at radius 1 is 0.633 bits per heavy atom. The third-order valence-electron chi connectivity index (χ3n) is 7.61. The average molecular weight is 713 g/mol. The molecule has 0 spiro atoms. The van der Waals surface area contributed by atoms with Gasteiger partial charge in [-0.15, -0.1) is 0 Å². The van der Waals surface area contributed by atoms with Crippen LogP contribution in [0.3, 0.4) is 0 Å². The van der Waals surface area contributed by atoms with E-state index in [-0.39, 0.29) is 26.1 Å². The van der Waals surface area contributed by atoms with Crippen LogP contribution in [0.15, 0.2) is 48.6 Å². The molecule has 0 heterocycles. The zero-order valence-electron chi connectivity index (χ0n) is 31.7. The number of esters is 2. The summed E-state index contributed by atoms with van der Waals surface area (Å²) in [5.41, 5.74) is 0. The van der Waals surface area contributed by atoms with Crippen molar-refractivity contribution in [1.82, 2.24) is 0 Å². The molecule has 0 fully saturated rings. The Kier molecular flexibility index (Phi) is 30.6. The van der Waals surface area contributed by atoms with Gasteiger partial charge in [-0.1, -0.05) is 120 Å². The third-order valence-corrected chi connectivity index (χ3v) is 8.60. The standard InChI is InChI=1S/C39H70NO8P/c1-6-8-10-12-14-16-17-18-19-20-21-22-23-24-26-27-29-31-38(41)45-35-37(36-47-49(43,44)46-34-33-40(3,4)5)48-39(42)32-30-28-25-15-13-11-9-7-2/h14,16,18-19,21-22,24,26,37H,6-13,15,17,20,23,25,27-36H2,1-5H3/p+1/b16-14+,19-18+,22-21+,26-24+/t37-/m0/s1. The summed E-state index contributed by atoms with van der Waals surface area (Å²) in [5.74, 6) is -0.874. The maximum Gasteiger partial charge on any atom is 0.472 e. The highest BCUT2D eigenvalue weighted by Crippen LogP contribution is 2.43. The van der Waals surface area contributed by atoms with Crippen LogP contribution < -0.4 is 0 Å². The van der Waals surface area contributed by atoms with Gasteiger partial charge < -0.3 is 18.9 Å². The second-order valence-corrected chi connectivity index (χ2v) is 15.1. The van der Waals surface area contributed by atoms with Gasteiger partial charge in [-0.2, -0.15) is 0 Å². The Bertz CT molecular complexity index is 986. The summed E-state index contributed by atoms with van der Waals surface area (Å²) in [6, 6.07) is 0. The Hall–Kier alpha value is -2.03. The Labute approximate surface area is 299 Å². The third kappa shape index (κ3) is 35.6. The first kappa shape index (κ1) is 47.0. The topological polar surface area (TPSA) is 108 Å². The number of phosphoric ester groups is 1. The van der Waals surface area contributed by atoms with Crippen LogP contribution in [0.25, 0.3) is 0 Å². The number of allylic oxidation sites excluding steroid dienone is 8. The minimum Gasteiger partial charge on any atom is -0.462 e. The highest BCUT2D eigenvalue weighted by atomic mass is 31.2. The number of unbranched alkanes of at least 4 members (excludes halogenated alkanes) is 11. The van der Waals surface area contributed by atoms with Crippen LogP contribution in [0.2, 0.25) is 0 Å². The second-order valence-electron chi connectivity index (χ2n) is 13.6. The molecule has 0 saturated carbocycles. The molecule has 0 aromatic heterocycles. The smallest absolute Gasteiger partial charge is 0.462 e. The fourth-order valence-corrected chi connectivity index (χ4v) is 5.33. The lowest BCUT2D eigenvalue weighted by atomic mass is 10.1. The molecule has 49 heavy (non-hydrogen) atoms. The Morgan fingerprint density at radius 2 is 1.12 bits per heavy atom. The van der Waals surface area contributed by atoms with Crippen molar-refractivity contribution in [3.63, 3.8) is 0 Å². The number of quaternary nitrogens is 1. The van der Waals surface area contributed by atoms with E-state index < -0.39 is 32.5 Å². The molecule has 0 aliphatic heterocycles. The molecule has 2 atom stereocenters. The highest BCUT2D eigenvalue weighted by molar-refractivity contribution is 7.47. The van der Waals surface area contributed by atoms with Crippen LogP contribution >= 0.6 is 7.82 Å². The average Bonchev–Trinajstić information content (AvgIpc) is 3.04. The molecule has 0 saturated heterocycles. The lowest BCUT2D eigenvalue weighted by molar-refractivity contribution is -0.870. The van der Waals surface area contributed by atoms with Gasteiger partial charge in [0.2, 0.25) is 0 Å². The summed E-state index contributed by atoms with van der Waals surface area (Å²) in [4.78, 5) is 35.0. The predicted molar refractivity (Wildman–Crippen MR) is 201 cm³/mol. The number of hydrogen-bond donors (Lipinski definition) is 1. The number of hydrogen-bond acceptors (Lipinski definition) is 7. The maximum absolute atomic E-state index is 12.5. The van der Waals surface area contributed by atoms with Gasteiger partial charge in [0.05, 0.1) is 27.7 Å². The van der Waals surface area contributed by atoms with Gasteiger partial charge in [-0.3, -0.25) is 18.6 Å². The number of ether oxygens (including phenoxy) is 2. The zero-order chi connectivity index (χ0) is 36.5. The molecule has 0 aromatic rings. The molecule has 0 aromatic carbocycles. The minimum absolute atomic E-state index is 0.0224. The molecular weight excluding hydrogens is 641 g/mol. The van der Waals surface area contributed by atoms with Crippen molar-refractivity contribution >= 4 is 19.8 Å². The van der Waals surface area contributed by atoms with Crippen LogP contribution in [-0.2, 0) is 32.7 Å². The van der Waals surface area contributed by atoms with Gasteiger partial charge in [0, 0.05) is 12.8 Å². The molecule has 0 aliphatic rings. The summed E-state index contributed by atoms with van der Waals surface area (Å²) >= 11 is 0. The first-order valence-electron chi connectivity index (χ1n) is 18.9. The first-order valence-corrected chi connectivity index (χ1v) is 20.4.